The lowest BCUT2D eigenvalue weighted by molar-refractivity contribution is 1.26. The molecule has 0 fully saturated rings. The third-order valence-electron chi connectivity index (χ3n) is 2.98. The van der Waals surface area contributed by atoms with Crippen molar-refractivity contribution < 1.29 is 0 Å². The quantitative estimate of drug-likeness (QED) is 0.685. The first kappa shape index (κ1) is 13.1. The minimum atomic E-state index is 1.10. The fourth-order valence-corrected chi connectivity index (χ4v) is 4.33. The first-order chi connectivity index (χ1) is 7.99. The monoisotopic (exact) mass is 373 g/mol. The fourth-order valence-electron chi connectivity index (χ4n) is 1.66. The van der Waals surface area contributed by atoms with E-state index in [1.165, 1.54) is 22.4 Å². The van der Waals surface area contributed by atoms with Crippen molar-refractivity contribution in [3.8, 4) is 0 Å². The molecule has 0 spiro atoms. The Morgan fingerprint density at radius 1 is 1.00 bits per heavy atom. The molecule has 1 aromatic heterocycles. The summed E-state index contributed by atoms with van der Waals surface area (Å²) in [7, 11) is 0. The number of halogens is 2. The molecule has 1 aromatic carbocycles. The summed E-state index contributed by atoms with van der Waals surface area (Å²) in [6.45, 7) is 6.46. The average Bonchev–Trinajstić information content (AvgIpc) is 2.58. The second-order valence-electron chi connectivity index (χ2n) is 4.04. The van der Waals surface area contributed by atoms with Crippen LogP contribution in [-0.4, -0.2) is 0 Å². The van der Waals surface area contributed by atoms with Gasteiger partial charge in [0, 0.05) is 5.69 Å². The summed E-state index contributed by atoms with van der Waals surface area (Å²) in [6.07, 6.45) is 0. The second-order valence-corrected chi connectivity index (χ2v) is 7.79. The zero-order valence-corrected chi connectivity index (χ0v) is 13.9. The SMILES string of the molecule is Cc1ccc(Nc2cc(Br)sc2Br)c(C)c1C. The van der Waals surface area contributed by atoms with Gasteiger partial charge in [0.1, 0.15) is 0 Å². The zero-order valence-electron chi connectivity index (χ0n) is 9.90. The fraction of sp³-hybridized carbons (Fsp3) is 0.231. The Bertz CT molecular complexity index is 561. The van der Waals surface area contributed by atoms with Crippen LogP contribution in [0, 0.1) is 20.8 Å². The van der Waals surface area contributed by atoms with Crippen LogP contribution in [0.15, 0.2) is 25.8 Å². The Morgan fingerprint density at radius 3 is 2.29 bits per heavy atom. The molecule has 2 rings (SSSR count). The van der Waals surface area contributed by atoms with Crippen LogP contribution in [0.5, 0.6) is 0 Å². The molecule has 1 N–H and O–H groups in total. The number of hydrogen-bond acceptors (Lipinski definition) is 2. The third-order valence-corrected chi connectivity index (χ3v) is 5.32. The number of anilines is 2. The van der Waals surface area contributed by atoms with Crippen LogP contribution in [0.1, 0.15) is 16.7 Å². The van der Waals surface area contributed by atoms with E-state index in [0.717, 1.165) is 13.3 Å². The average molecular weight is 375 g/mol. The summed E-state index contributed by atoms with van der Waals surface area (Å²) in [5.41, 5.74) is 6.26. The van der Waals surface area contributed by atoms with Crippen LogP contribution in [0.2, 0.25) is 0 Å². The molecule has 0 bridgehead atoms. The summed E-state index contributed by atoms with van der Waals surface area (Å²) in [4.78, 5) is 0. The van der Waals surface area contributed by atoms with Gasteiger partial charge in [-0.1, -0.05) is 6.07 Å². The molecule has 4 heteroatoms. The Labute approximate surface area is 123 Å². The molecule has 0 saturated carbocycles. The molecule has 1 heterocycles. The maximum absolute atomic E-state index is 3.56. The highest BCUT2D eigenvalue weighted by Gasteiger charge is 2.08. The molecule has 0 atom stereocenters. The zero-order chi connectivity index (χ0) is 12.6. The highest BCUT2D eigenvalue weighted by Crippen LogP contribution is 2.38. The van der Waals surface area contributed by atoms with Gasteiger partial charge in [0.15, 0.2) is 0 Å². The maximum Gasteiger partial charge on any atom is 0.0945 e. The maximum atomic E-state index is 3.56. The molecule has 90 valence electrons. The summed E-state index contributed by atoms with van der Waals surface area (Å²) < 4.78 is 2.23. The smallest absolute Gasteiger partial charge is 0.0945 e. The highest BCUT2D eigenvalue weighted by atomic mass is 79.9. The largest absolute Gasteiger partial charge is 0.354 e. The van der Waals surface area contributed by atoms with Crippen LogP contribution >= 0.6 is 43.2 Å². The third kappa shape index (κ3) is 2.75. The molecule has 0 saturated heterocycles. The van der Waals surface area contributed by atoms with E-state index in [9.17, 15) is 0 Å². The van der Waals surface area contributed by atoms with Gasteiger partial charge in [-0.25, -0.2) is 0 Å². The number of thiophene rings is 1. The van der Waals surface area contributed by atoms with Gasteiger partial charge in [0.2, 0.25) is 0 Å². The van der Waals surface area contributed by atoms with Crippen molar-refractivity contribution >= 4 is 54.6 Å². The molecule has 0 unspecified atom stereocenters. The minimum Gasteiger partial charge on any atom is -0.354 e. The molecule has 2 aromatic rings. The van der Waals surface area contributed by atoms with E-state index in [1.54, 1.807) is 11.3 Å². The van der Waals surface area contributed by atoms with E-state index in [1.807, 2.05) is 0 Å². The first-order valence-corrected chi connectivity index (χ1v) is 7.68. The van der Waals surface area contributed by atoms with Gasteiger partial charge in [-0.3, -0.25) is 0 Å². The summed E-state index contributed by atoms with van der Waals surface area (Å²) in [6, 6.07) is 6.37. The van der Waals surface area contributed by atoms with Crippen molar-refractivity contribution in [3.63, 3.8) is 0 Å². The van der Waals surface area contributed by atoms with E-state index >= 15 is 0 Å². The Hall–Kier alpha value is -0.320. The van der Waals surface area contributed by atoms with Crippen molar-refractivity contribution in [2.75, 3.05) is 5.32 Å². The normalized spacial score (nSPS) is 10.6. The molecule has 0 aliphatic heterocycles. The Balaban J connectivity index is 2.37. The lowest BCUT2D eigenvalue weighted by atomic mass is 10.0. The van der Waals surface area contributed by atoms with Gasteiger partial charge >= 0.3 is 0 Å². The van der Waals surface area contributed by atoms with Crippen LogP contribution in [-0.2, 0) is 0 Å². The van der Waals surface area contributed by atoms with E-state index in [0.29, 0.717) is 0 Å². The lowest BCUT2D eigenvalue weighted by Crippen LogP contribution is -1.95. The van der Waals surface area contributed by atoms with E-state index in [4.69, 9.17) is 0 Å². The van der Waals surface area contributed by atoms with Gasteiger partial charge in [-0.15, -0.1) is 11.3 Å². The van der Waals surface area contributed by atoms with Gasteiger partial charge in [-0.05, 0) is 81.5 Å². The number of aryl methyl sites for hydroxylation is 1. The van der Waals surface area contributed by atoms with E-state index in [-0.39, 0.29) is 0 Å². The number of nitrogens with one attached hydrogen (secondary N) is 1. The van der Waals surface area contributed by atoms with E-state index in [2.05, 4.69) is 76.1 Å². The van der Waals surface area contributed by atoms with Gasteiger partial charge < -0.3 is 5.32 Å². The molecule has 0 radical (unpaired) electrons. The molecular weight excluding hydrogens is 362 g/mol. The minimum absolute atomic E-state index is 1.10. The lowest BCUT2D eigenvalue weighted by Gasteiger charge is -2.12. The highest BCUT2D eigenvalue weighted by molar-refractivity contribution is 9.12. The van der Waals surface area contributed by atoms with E-state index < -0.39 is 0 Å². The predicted molar refractivity (Wildman–Crippen MR) is 83.7 cm³/mol. The van der Waals surface area contributed by atoms with Crippen LogP contribution in [0.25, 0.3) is 0 Å². The molecule has 0 amide bonds. The molecule has 0 aliphatic rings. The molecule has 17 heavy (non-hydrogen) atoms. The molecule has 0 aliphatic carbocycles. The molecular formula is C13H13Br2NS. The number of rotatable bonds is 2. The van der Waals surface area contributed by atoms with Gasteiger partial charge in [-0.2, -0.15) is 0 Å². The summed E-state index contributed by atoms with van der Waals surface area (Å²) in [5.74, 6) is 0. The van der Waals surface area contributed by atoms with Crippen LogP contribution < -0.4 is 5.32 Å². The first-order valence-electron chi connectivity index (χ1n) is 5.27. The van der Waals surface area contributed by atoms with Crippen LogP contribution in [0.4, 0.5) is 11.4 Å². The van der Waals surface area contributed by atoms with Crippen molar-refractivity contribution in [3.05, 3.63) is 42.5 Å². The Kier molecular flexibility index (Phi) is 3.95. The van der Waals surface area contributed by atoms with Crippen molar-refractivity contribution in [1.29, 1.82) is 0 Å². The molecule has 1 nitrogen and oxygen atoms in total. The van der Waals surface area contributed by atoms with Crippen LogP contribution in [0.3, 0.4) is 0 Å². The van der Waals surface area contributed by atoms with Crippen molar-refractivity contribution in [1.82, 2.24) is 0 Å². The van der Waals surface area contributed by atoms with Gasteiger partial charge in [0.25, 0.3) is 0 Å². The van der Waals surface area contributed by atoms with Crippen molar-refractivity contribution in [2.45, 2.75) is 20.8 Å². The number of hydrogen-bond donors (Lipinski definition) is 1. The van der Waals surface area contributed by atoms with Gasteiger partial charge in [0.05, 0.1) is 13.3 Å². The van der Waals surface area contributed by atoms with Crippen molar-refractivity contribution in [2.24, 2.45) is 0 Å². The second kappa shape index (κ2) is 5.12. The summed E-state index contributed by atoms with van der Waals surface area (Å²) in [5, 5.41) is 3.46. The summed E-state index contributed by atoms with van der Waals surface area (Å²) >= 11 is 8.72. The Morgan fingerprint density at radius 2 is 1.71 bits per heavy atom. The topological polar surface area (TPSA) is 12.0 Å². The number of benzene rings is 1. The predicted octanol–water partition coefficient (Wildman–Crippen LogP) is 5.94. The standard InChI is InChI=1S/C13H13Br2NS/c1-7-4-5-10(9(3)8(7)2)16-11-6-12(14)17-13(11)15/h4-6,16H,1-3H3.